The molecule has 2 aromatic carbocycles. The molecular weight excluding hydrogens is 450 g/mol. The number of rotatable bonds is 9. The van der Waals surface area contributed by atoms with Gasteiger partial charge in [-0.05, 0) is 67.5 Å². The number of carbonyl (C=O) groups is 2. The molecule has 2 amide bonds. The van der Waals surface area contributed by atoms with Crippen molar-refractivity contribution in [1.82, 2.24) is 14.5 Å². The molecule has 182 valence electrons. The van der Waals surface area contributed by atoms with Crippen molar-refractivity contribution in [3.8, 4) is 0 Å². The molecule has 0 aromatic heterocycles. The Bertz CT molecular complexity index is 1100. The van der Waals surface area contributed by atoms with Gasteiger partial charge in [-0.1, -0.05) is 30.7 Å². The highest BCUT2D eigenvalue weighted by Gasteiger charge is 2.26. The number of hydrogen-bond acceptors (Lipinski definition) is 4. The van der Waals surface area contributed by atoms with Crippen molar-refractivity contribution in [2.45, 2.75) is 62.4 Å². The average Bonchev–Trinajstić information content (AvgIpc) is 3.67. The molecule has 34 heavy (non-hydrogen) atoms. The van der Waals surface area contributed by atoms with Crippen LogP contribution >= 0.6 is 0 Å². The van der Waals surface area contributed by atoms with E-state index in [1.54, 1.807) is 52.7 Å². The van der Waals surface area contributed by atoms with E-state index in [1.807, 2.05) is 12.1 Å². The van der Waals surface area contributed by atoms with Crippen molar-refractivity contribution in [2.75, 3.05) is 20.1 Å². The molecule has 4 rings (SSSR count). The fraction of sp³-hybridized carbons (Fsp3) is 0.462. The van der Waals surface area contributed by atoms with Crippen LogP contribution in [0, 0.1) is 0 Å². The number of piperidine rings is 1. The van der Waals surface area contributed by atoms with Gasteiger partial charge in [-0.2, -0.15) is 4.31 Å². The highest BCUT2D eigenvalue weighted by atomic mass is 32.2. The van der Waals surface area contributed by atoms with Crippen molar-refractivity contribution in [1.29, 1.82) is 0 Å². The zero-order valence-electron chi connectivity index (χ0n) is 19.7. The Morgan fingerprint density at radius 3 is 2.18 bits per heavy atom. The lowest BCUT2D eigenvalue weighted by Gasteiger charge is -2.25. The fourth-order valence-corrected chi connectivity index (χ4v) is 5.66. The molecule has 2 aliphatic rings. The first kappa shape index (κ1) is 24.4. The third-order valence-electron chi connectivity index (χ3n) is 6.48. The Kier molecular flexibility index (Phi) is 7.68. The maximum absolute atomic E-state index is 12.8. The first-order chi connectivity index (χ1) is 16.3. The molecule has 0 bridgehead atoms. The van der Waals surface area contributed by atoms with Gasteiger partial charge in [0.1, 0.15) is 0 Å². The van der Waals surface area contributed by atoms with Gasteiger partial charge in [0.2, 0.25) is 15.9 Å². The van der Waals surface area contributed by atoms with E-state index in [9.17, 15) is 18.0 Å². The first-order valence-electron chi connectivity index (χ1n) is 12.1. The number of sulfonamides is 1. The molecule has 2 aromatic rings. The number of nitrogens with one attached hydrogen (secondary N) is 1. The molecule has 1 saturated carbocycles. The first-order valence-corrected chi connectivity index (χ1v) is 13.5. The lowest BCUT2D eigenvalue weighted by molar-refractivity contribution is -0.130. The Hall–Kier alpha value is -2.71. The average molecular weight is 484 g/mol. The molecule has 1 N–H and O–H groups in total. The molecule has 0 unspecified atom stereocenters. The predicted octanol–water partition coefficient (Wildman–Crippen LogP) is 3.34. The van der Waals surface area contributed by atoms with Gasteiger partial charge in [-0.15, -0.1) is 0 Å². The van der Waals surface area contributed by atoms with Crippen LogP contribution in [0.2, 0.25) is 0 Å². The van der Waals surface area contributed by atoms with Gasteiger partial charge < -0.3 is 10.2 Å². The summed E-state index contributed by atoms with van der Waals surface area (Å²) in [5.41, 5.74) is 2.53. The van der Waals surface area contributed by atoms with E-state index in [1.165, 1.54) is 0 Å². The predicted molar refractivity (Wildman–Crippen MR) is 131 cm³/mol. The monoisotopic (exact) mass is 483 g/mol. The number of amides is 2. The second kappa shape index (κ2) is 10.7. The lowest BCUT2D eigenvalue weighted by Crippen LogP contribution is -2.35. The number of nitrogens with zero attached hydrogens (tertiary/aromatic N) is 2. The zero-order chi connectivity index (χ0) is 24.1. The van der Waals surface area contributed by atoms with Gasteiger partial charge in [-0.25, -0.2) is 8.42 Å². The van der Waals surface area contributed by atoms with Crippen molar-refractivity contribution >= 4 is 21.8 Å². The number of benzene rings is 2. The molecule has 7 nitrogen and oxygen atoms in total. The Morgan fingerprint density at radius 1 is 0.941 bits per heavy atom. The fourth-order valence-electron chi connectivity index (χ4n) is 4.14. The molecule has 1 saturated heterocycles. The summed E-state index contributed by atoms with van der Waals surface area (Å²) < 4.78 is 27.1. The molecular formula is C26H33N3O4S. The minimum absolute atomic E-state index is 0.0144. The molecule has 1 aliphatic heterocycles. The van der Waals surface area contributed by atoms with Crippen LogP contribution in [0.15, 0.2) is 53.4 Å². The minimum atomic E-state index is -3.44. The largest absolute Gasteiger partial charge is 0.349 e. The quantitative estimate of drug-likeness (QED) is 0.593. The molecule has 0 spiro atoms. The van der Waals surface area contributed by atoms with E-state index < -0.39 is 10.0 Å². The van der Waals surface area contributed by atoms with Crippen LogP contribution in [0.3, 0.4) is 0 Å². The molecule has 8 heteroatoms. The van der Waals surface area contributed by atoms with Crippen molar-refractivity contribution in [3.05, 3.63) is 65.2 Å². The maximum Gasteiger partial charge on any atom is 0.251 e. The van der Waals surface area contributed by atoms with Crippen molar-refractivity contribution in [3.63, 3.8) is 0 Å². The minimum Gasteiger partial charge on any atom is -0.349 e. The smallest absolute Gasteiger partial charge is 0.251 e. The zero-order valence-corrected chi connectivity index (χ0v) is 20.5. The van der Waals surface area contributed by atoms with Crippen LogP contribution in [0.4, 0.5) is 0 Å². The Labute approximate surface area is 202 Å². The van der Waals surface area contributed by atoms with Gasteiger partial charge in [0, 0.05) is 44.7 Å². The van der Waals surface area contributed by atoms with Crippen molar-refractivity contribution in [2.24, 2.45) is 0 Å². The Morgan fingerprint density at radius 2 is 1.56 bits per heavy atom. The number of aryl methyl sites for hydroxylation is 1. The third kappa shape index (κ3) is 6.24. The SMILES string of the molecule is CN(Cc1ccc(C(=O)NC2CC2)cc1)C(=O)CCc1ccc(S(=O)(=O)N2CCCCC2)cc1. The molecule has 0 radical (unpaired) electrons. The van der Waals surface area contributed by atoms with Gasteiger partial charge in [0.05, 0.1) is 4.90 Å². The molecule has 1 heterocycles. The summed E-state index contributed by atoms with van der Waals surface area (Å²) >= 11 is 0. The van der Waals surface area contributed by atoms with E-state index in [-0.39, 0.29) is 11.8 Å². The molecule has 0 atom stereocenters. The number of carbonyl (C=O) groups excluding carboxylic acids is 2. The summed E-state index contributed by atoms with van der Waals surface area (Å²) in [5.74, 6) is -0.0335. The van der Waals surface area contributed by atoms with E-state index in [0.717, 1.165) is 43.2 Å². The molecule has 2 fully saturated rings. The van der Waals surface area contributed by atoms with Crippen LogP contribution < -0.4 is 5.32 Å². The highest BCUT2D eigenvalue weighted by molar-refractivity contribution is 7.89. The maximum atomic E-state index is 12.8. The second-order valence-corrected chi connectivity index (χ2v) is 11.2. The molecule has 1 aliphatic carbocycles. The highest BCUT2D eigenvalue weighted by Crippen LogP contribution is 2.22. The van der Waals surface area contributed by atoms with Crippen LogP contribution in [0.25, 0.3) is 0 Å². The lowest BCUT2D eigenvalue weighted by atomic mass is 10.1. The summed E-state index contributed by atoms with van der Waals surface area (Å²) in [4.78, 5) is 26.7. The number of hydrogen-bond donors (Lipinski definition) is 1. The van der Waals surface area contributed by atoms with E-state index in [4.69, 9.17) is 0 Å². The van der Waals surface area contributed by atoms with Gasteiger partial charge >= 0.3 is 0 Å². The summed E-state index contributed by atoms with van der Waals surface area (Å²) in [7, 11) is -1.67. The standard InChI is InChI=1S/C26H33N3O4S/c1-28(19-21-5-10-22(11-6-21)26(31)27-23-12-13-23)25(30)16-9-20-7-14-24(15-8-20)34(32,33)29-17-3-2-4-18-29/h5-8,10-11,14-15,23H,2-4,9,12-13,16-19H2,1H3,(H,27,31). The van der Waals surface area contributed by atoms with Crippen LogP contribution in [-0.2, 0) is 27.8 Å². The van der Waals surface area contributed by atoms with Gasteiger partial charge in [0.25, 0.3) is 5.91 Å². The Balaban J connectivity index is 1.26. The summed E-state index contributed by atoms with van der Waals surface area (Å²) in [6.45, 7) is 1.64. The summed E-state index contributed by atoms with van der Waals surface area (Å²) in [5, 5.41) is 2.97. The van der Waals surface area contributed by atoms with Crippen molar-refractivity contribution < 1.29 is 18.0 Å². The summed E-state index contributed by atoms with van der Waals surface area (Å²) in [6.07, 6.45) is 5.90. The van der Waals surface area contributed by atoms with E-state index in [2.05, 4.69) is 5.32 Å². The summed E-state index contributed by atoms with van der Waals surface area (Å²) in [6, 6.07) is 14.6. The second-order valence-electron chi connectivity index (χ2n) is 9.30. The van der Waals surface area contributed by atoms with E-state index >= 15 is 0 Å². The van der Waals surface area contributed by atoms with Gasteiger partial charge in [-0.3, -0.25) is 9.59 Å². The normalized spacial score (nSPS) is 16.7. The van der Waals surface area contributed by atoms with Gasteiger partial charge in [0.15, 0.2) is 0 Å². The topological polar surface area (TPSA) is 86.8 Å². The van der Waals surface area contributed by atoms with E-state index in [0.29, 0.717) is 49.0 Å². The third-order valence-corrected chi connectivity index (χ3v) is 8.39. The van der Waals surface area contributed by atoms with Crippen LogP contribution in [0.5, 0.6) is 0 Å². The van der Waals surface area contributed by atoms with Crippen LogP contribution in [-0.4, -0.2) is 55.6 Å². The van der Waals surface area contributed by atoms with Crippen LogP contribution in [0.1, 0.15) is 60.0 Å².